The molecule has 170 valence electrons. The van der Waals surface area contributed by atoms with E-state index in [4.69, 9.17) is 15.2 Å². The van der Waals surface area contributed by atoms with Crippen LogP contribution in [0, 0.1) is 0 Å². The number of rotatable bonds is 6. The number of hydrogen-bond donors (Lipinski definition) is 1. The Morgan fingerprint density at radius 2 is 1.58 bits per heavy atom. The number of benzene rings is 1. The van der Waals surface area contributed by atoms with Crippen molar-refractivity contribution in [2.75, 3.05) is 13.1 Å². The first kappa shape index (κ1) is 24.6. The molecule has 7 nitrogen and oxygen atoms in total. The molecule has 7 heteroatoms. The number of carbonyl (C=O) groups excluding carboxylic acids is 2. The highest BCUT2D eigenvalue weighted by Gasteiger charge is 2.34. The third-order valence-electron chi connectivity index (χ3n) is 4.48. The van der Waals surface area contributed by atoms with Crippen LogP contribution in [-0.4, -0.2) is 46.4 Å². The van der Waals surface area contributed by atoms with Gasteiger partial charge < -0.3 is 15.2 Å². The third-order valence-corrected chi connectivity index (χ3v) is 4.48. The Balaban J connectivity index is 2.43. The average Bonchev–Trinajstić information content (AvgIpc) is 2.65. The predicted molar refractivity (Wildman–Crippen MR) is 122 cm³/mol. The van der Waals surface area contributed by atoms with Gasteiger partial charge in [-0.05, 0) is 72.4 Å². The molecule has 0 bridgehead atoms. The number of nitrogens with zero attached hydrogens (tertiary/aromatic N) is 2. The third kappa shape index (κ3) is 7.51. The highest BCUT2D eigenvalue weighted by molar-refractivity contribution is 5.89. The molecule has 2 aromatic rings. The molecule has 1 aromatic heterocycles. The van der Waals surface area contributed by atoms with Gasteiger partial charge in [0.05, 0.1) is 5.69 Å². The Morgan fingerprint density at radius 1 is 1.00 bits per heavy atom. The van der Waals surface area contributed by atoms with Crippen molar-refractivity contribution in [3.63, 3.8) is 0 Å². The summed E-state index contributed by atoms with van der Waals surface area (Å²) in [5, 5.41) is 2.03. The molecule has 2 N–H and O–H groups in total. The molecule has 1 atom stereocenters. The Bertz CT molecular complexity index is 866. The summed E-state index contributed by atoms with van der Waals surface area (Å²) in [6, 6.07) is 9.87. The van der Waals surface area contributed by atoms with E-state index < -0.39 is 23.4 Å². The second-order valence-corrected chi connectivity index (χ2v) is 9.62. The zero-order valence-electron chi connectivity index (χ0n) is 19.5. The fourth-order valence-electron chi connectivity index (χ4n) is 3.23. The summed E-state index contributed by atoms with van der Waals surface area (Å²) >= 11 is 0. The molecule has 0 aliphatic rings. The molecule has 0 aliphatic heterocycles. The van der Waals surface area contributed by atoms with E-state index in [-0.39, 0.29) is 12.5 Å². The maximum atomic E-state index is 12.9. The van der Waals surface area contributed by atoms with Crippen molar-refractivity contribution >= 4 is 23.0 Å². The van der Waals surface area contributed by atoms with E-state index in [2.05, 4.69) is 4.98 Å². The van der Waals surface area contributed by atoms with Gasteiger partial charge in [0.1, 0.15) is 11.2 Å². The Morgan fingerprint density at radius 3 is 2.13 bits per heavy atom. The van der Waals surface area contributed by atoms with E-state index in [1.807, 2.05) is 30.3 Å². The zero-order valence-corrected chi connectivity index (χ0v) is 19.5. The lowest BCUT2D eigenvalue weighted by atomic mass is 9.94. The van der Waals surface area contributed by atoms with Gasteiger partial charge in [0, 0.05) is 24.0 Å². The van der Waals surface area contributed by atoms with Gasteiger partial charge in [0.15, 0.2) is 0 Å². The van der Waals surface area contributed by atoms with Crippen LogP contribution in [0.2, 0.25) is 0 Å². The normalized spacial score (nSPS) is 13.0. The first-order valence-corrected chi connectivity index (χ1v) is 10.7. The minimum absolute atomic E-state index is 0.0881. The minimum Gasteiger partial charge on any atom is -0.443 e. The summed E-state index contributed by atoms with van der Waals surface area (Å²) in [5.41, 5.74) is 5.09. The standard InChI is InChI=1S/C24H35N3O4/c1-23(2,3)30-21(28)27(22(29)31-24(4,5)6)16-18(11-9-14-25)20-19-12-8-7-10-17(19)13-15-26-20/h7-8,10,12-13,15,18H,9,11,14,16,25H2,1-6H3. The fraction of sp³-hybridized carbons (Fsp3) is 0.542. The molecule has 1 unspecified atom stereocenters. The number of fused-ring (bicyclic) bond motifs is 1. The monoisotopic (exact) mass is 429 g/mol. The second-order valence-electron chi connectivity index (χ2n) is 9.62. The molecular formula is C24H35N3O4. The summed E-state index contributed by atoms with van der Waals surface area (Å²) in [7, 11) is 0. The summed E-state index contributed by atoms with van der Waals surface area (Å²) in [6.07, 6.45) is 1.67. The quantitative estimate of drug-likeness (QED) is 0.676. The number of carbonyl (C=O) groups is 2. The molecule has 0 aliphatic carbocycles. The van der Waals surface area contributed by atoms with Crippen molar-refractivity contribution in [1.82, 2.24) is 9.88 Å². The first-order chi connectivity index (χ1) is 14.4. The highest BCUT2D eigenvalue weighted by atomic mass is 16.6. The van der Waals surface area contributed by atoms with Gasteiger partial charge in [-0.15, -0.1) is 0 Å². The fourth-order valence-corrected chi connectivity index (χ4v) is 3.23. The van der Waals surface area contributed by atoms with Crippen LogP contribution >= 0.6 is 0 Å². The van der Waals surface area contributed by atoms with Gasteiger partial charge in [-0.3, -0.25) is 4.98 Å². The number of nitrogens with two attached hydrogens (primary N) is 1. The van der Waals surface area contributed by atoms with Crippen LogP contribution in [0.5, 0.6) is 0 Å². The number of imide groups is 1. The molecular weight excluding hydrogens is 394 g/mol. The predicted octanol–water partition coefficient (Wildman–Crippen LogP) is 5.23. The van der Waals surface area contributed by atoms with Crippen molar-refractivity contribution in [3.8, 4) is 0 Å². The van der Waals surface area contributed by atoms with Crippen molar-refractivity contribution in [2.24, 2.45) is 5.73 Å². The largest absolute Gasteiger partial charge is 0.443 e. The summed E-state index contributed by atoms with van der Waals surface area (Å²) in [5.74, 6) is -0.213. The molecule has 0 saturated heterocycles. The molecule has 0 saturated carbocycles. The number of hydrogen-bond acceptors (Lipinski definition) is 6. The lowest BCUT2D eigenvalue weighted by molar-refractivity contribution is 0.000107. The molecule has 0 spiro atoms. The van der Waals surface area contributed by atoms with Crippen LogP contribution in [0.3, 0.4) is 0 Å². The lowest BCUT2D eigenvalue weighted by Gasteiger charge is -2.31. The van der Waals surface area contributed by atoms with E-state index in [0.29, 0.717) is 13.0 Å². The van der Waals surface area contributed by atoms with Gasteiger partial charge in [0.25, 0.3) is 0 Å². The van der Waals surface area contributed by atoms with Crippen molar-refractivity contribution in [1.29, 1.82) is 0 Å². The van der Waals surface area contributed by atoms with E-state index in [1.165, 1.54) is 0 Å². The number of ether oxygens (including phenoxy) is 2. The Labute approximate surface area is 184 Å². The first-order valence-electron chi connectivity index (χ1n) is 10.7. The Hall–Kier alpha value is -2.67. The van der Waals surface area contributed by atoms with Crippen molar-refractivity contribution < 1.29 is 19.1 Å². The van der Waals surface area contributed by atoms with Gasteiger partial charge in [-0.2, -0.15) is 0 Å². The molecule has 31 heavy (non-hydrogen) atoms. The van der Waals surface area contributed by atoms with E-state index in [0.717, 1.165) is 27.8 Å². The van der Waals surface area contributed by atoms with Crippen LogP contribution in [0.25, 0.3) is 10.8 Å². The summed E-state index contributed by atoms with van der Waals surface area (Å²) in [6.45, 7) is 11.1. The van der Waals surface area contributed by atoms with Crippen LogP contribution < -0.4 is 5.73 Å². The highest BCUT2D eigenvalue weighted by Crippen LogP contribution is 2.29. The van der Waals surface area contributed by atoms with Crippen LogP contribution in [-0.2, 0) is 9.47 Å². The molecule has 2 amide bonds. The number of amides is 2. The van der Waals surface area contributed by atoms with Crippen LogP contribution in [0.4, 0.5) is 9.59 Å². The maximum Gasteiger partial charge on any atom is 0.419 e. The van der Waals surface area contributed by atoms with Crippen LogP contribution in [0.15, 0.2) is 36.5 Å². The molecule has 1 heterocycles. The van der Waals surface area contributed by atoms with Gasteiger partial charge in [-0.25, -0.2) is 14.5 Å². The number of pyridine rings is 1. The smallest absolute Gasteiger partial charge is 0.419 e. The van der Waals surface area contributed by atoms with E-state index >= 15 is 0 Å². The van der Waals surface area contributed by atoms with Crippen molar-refractivity contribution in [2.45, 2.75) is 71.5 Å². The maximum absolute atomic E-state index is 12.9. The SMILES string of the molecule is CC(C)(C)OC(=O)N(CC(CCCN)c1nccc2ccccc12)C(=O)OC(C)(C)C. The van der Waals surface area contributed by atoms with Gasteiger partial charge in [-0.1, -0.05) is 24.3 Å². The number of aromatic nitrogens is 1. The Kier molecular flexibility index (Phi) is 8.01. The molecule has 0 radical (unpaired) electrons. The van der Waals surface area contributed by atoms with Crippen molar-refractivity contribution in [3.05, 3.63) is 42.2 Å². The molecule has 0 fully saturated rings. The summed E-state index contributed by atoms with van der Waals surface area (Å²) < 4.78 is 11.0. The van der Waals surface area contributed by atoms with Crippen LogP contribution in [0.1, 0.15) is 66.0 Å². The van der Waals surface area contributed by atoms with Gasteiger partial charge >= 0.3 is 12.2 Å². The minimum atomic E-state index is -0.748. The second kappa shape index (κ2) is 10.1. The molecule has 1 aromatic carbocycles. The average molecular weight is 430 g/mol. The lowest BCUT2D eigenvalue weighted by Crippen LogP contribution is -2.45. The van der Waals surface area contributed by atoms with E-state index in [9.17, 15) is 9.59 Å². The van der Waals surface area contributed by atoms with Gasteiger partial charge in [0.2, 0.25) is 0 Å². The molecule has 2 rings (SSSR count). The van der Waals surface area contributed by atoms with E-state index in [1.54, 1.807) is 47.7 Å². The topological polar surface area (TPSA) is 94.8 Å². The summed E-state index contributed by atoms with van der Waals surface area (Å²) in [4.78, 5) is 31.5. The zero-order chi connectivity index (χ0) is 23.2.